The standard InChI is InChI=1S/C82H70N8/c1-79(2,3)57-28-36-72-66(42-57)67-43-58(80(4,5)6)29-37-73(67)89(72)62-32-34-64(55-17-14-16-51(40-55)49-84)70(46-62)77-86-76(54-26-24-53(25-27-54)52-22-20-50(48-83)21-23-52)87-78(88-77)71-47-63(33-35-65(71)56-18-15-19-61(41-56)85-13)90-74-38-30-59(81(7,8)9)44-68(74)69-45-60(82(10,11)12)31-39-75(69)90/h14-47H,1-12H3. The smallest absolute Gasteiger partial charge is 0.187 e. The zero-order valence-electron chi connectivity index (χ0n) is 53.2. The lowest BCUT2D eigenvalue weighted by molar-refractivity contribution is 0.590. The van der Waals surface area contributed by atoms with Gasteiger partial charge in [0.25, 0.3) is 0 Å². The van der Waals surface area contributed by atoms with Gasteiger partial charge in [-0.25, -0.2) is 19.8 Å². The molecule has 0 unspecified atom stereocenters. The maximum absolute atomic E-state index is 10.4. The minimum absolute atomic E-state index is 0.0787. The molecule has 438 valence electrons. The zero-order valence-corrected chi connectivity index (χ0v) is 53.2. The van der Waals surface area contributed by atoms with E-state index in [9.17, 15) is 10.5 Å². The van der Waals surface area contributed by atoms with E-state index in [1.54, 1.807) is 0 Å². The molecule has 0 saturated carbocycles. The summed E-state index contributed by atoms with van der Waals surface area (Å²) in [4.78, 5) is 20.7. The number of rotatable bonds is 8. The average molecular weight is 1170 g/mol. The predicted octanol–water partition coefficient (Wildman–Crippen LogP) is 21.6. The average Bonchev–Trinajstić information content (AvgIpc) is 1.57. The number of benzene rings is 10. The van der Waals surface area contributed by atoms with Crippen LogP contribution in [-0.4, -0.2) is 24.1 Å². The molecule has 0 atom stereocenters. The maximum atomic E-state index is 10.4. The van der Waals surface area contributed by atoms with Crippen LogP contribution in [0.5, 0.6) is 0 Å². The SMILES string of the molecule is [C-]#[N+]c1cccc(-c2ccc(-n3c4ccc(C(C)(C)C)cc4c4cc(C(C)(C)C)ccc43)cc2-c2nc(-c3ccc(-c4ccc(C#N)cc4)cc3)nc(-c3cc(-n4c5ccc(C(C)(C)C)cc5c5cc(C(C)(C)C)ccc54)ccc3-c3cccc(C#N)c3)n2)c1. The third-order valence-electron chi connectivity index (χ3n) is 17.7. The Morgan fingerprint density at radius 2 is 0.700 bits per heavy atom. The fraction of sp³-hybridized carbons (Fsp3) is 0.195. The van der Waals surface area contributed by atoms with Gasteiger partial charge in [0.2, 0.25) is 0 Å². The molecule has 13 rings (SSSR count). The van der Waals surface area contributed by atoms with Crippen LogP contribution in [0.3, 0.4) is 0 Å². The van der Waals surface area contributed by atoms with Crippen molar-refractivity contribution in [1.82, 2.24) is 24.1 Å². The van der Waals surface area contributed by atoms with Crippen LogP contribution in [0.15, 0.2) is 206 Å². The highest BCUT2D eigenvalue weighted by Crippen LogP contribution is 2.44. The first-order chi connectivity index (χ1) is 42.9. The number of hydrogen-bond donors (Lipinski definition) is 0. The largest absolute Gasteiger partial charge is 0.309 e. The van der Waals surface area contributed by atoms with Crippen LogP contribution < -0.4 is 0 Å². The van der Waals surface area contributed by atoms with Crippen LogP contribution in [-0.2, 0) is 21.7 Å². The van der Waals surface area contributed by atoms with Crippen LogP contribution in [0.25, 0.3) is 127 Å². The maximum Gasteiger partial charge on any atom is 0.187 e. The summed E-state index contributed by atoms with van der Waals surface area (Å²) in [7, 11) is 0. The fourth-order valence-corrected chi connectivity index (χ4v) is 12.5. The molecular weight excluding hydrogens is 1100 g/mol. The van der Waals surface area contributed by atoms with Crippen LogP contribution in [0.1, 0.15) is 116 Å². The van der Waals surface area contributed by atoms with Gasteiger partial charge in [-0.1, -0.05) is 186 Å². The Labute approximate surface area is 527 Å². The molecule has 0 N–H and O–H groups in total. The highest BCUT2D eigenvalue weighted by Gasteiger charge is 2.26. The molecule has 10 aromatic carbocycles. The second-order valence-electron chi connectivity index (χ2n) is 28.0. The molecule has 8 heteroatoms. The molecule has 0 spiro atoms. The quantitative estimate of drug-likeness (QED) is 0.141. The normalized spacial score (nSPS) is 12.2. The molecule has 0 fully saturated rings. The first kappa shape index (κ1) is 58.3. The minimum Gasteiger partial charge on any atom is -0.309 e. The molecular formula is C82H70N8. The summed E-state index contributed by atoms with van der Waals surface area (Å²) in [6.07, 6.45) is 0. The monoisotopic (exact) mass is 1170 g/mol. The van der Waals surface area contributed by atoms with Gasteiger partial charge in [-0.05, 0) is 180 Å². The summed E-state index contributed by atoms with van der Waals surface area (Å²) in [6, 6.07) is 76.5. The van der Waals surface area contributed by atoms with Crippen molar-refractivity contribution in [3.05, 3.63) is 251 Å². The van der Waals surface area contributed by atoms with E-state index in [-0.39, 0.29) is 21.7 Å². The summed E-state index contributed by atoms with van der Waals surface area (Å²) in [5.41, 5.74) is 20.1. The number of aromatic nitrogens is 5. The first-order valence-electron chi connectivity index (χ1n) is 30.8. The van der Waals surface area contributed by atoms with E-state index in [1.165, 1.54) is 43.8 Å². The van der Waals surface area contributed by atoms with Gasteiger partial charge in [0.05, 0.1) is 51.9 Å². The van der Waals surface area contributed by atoms with E-state index >= 15 is 0 Å². The molecule has 0 amide bonds. The van der Waals surface area contributed by atoms with Crippen molar-refractivity contribution in [3.8, 4) is 91.1 Å². The van der Waals surface area contributed by atoms with Crippen molar-refractivity contribution in [3.63, 3.8) is 0 Å². The Hall–Kier alpha value is -10.7. The molecule has 0 aliphatic rings. The molecule has 0 bridgehead atoms. The summed E-state index contributed by atoms with van der Waals surface area (Å²) >= 11 is 0. The zero-order chi connectivity index (χ0) is 63.2. The molecule has 0 aliphatic heterocycles. The van der Waals surface area contributed by atoms with Crippen molar-refractivity contribution in [2.75, 3.05) is 0 Å². The molecule has 3 heterocycles. The third kappa shape index (κ3) is 10.7. The van der Waals surface area contributed by atoms with Crippen molar-refractivity contribution in [2.45, 2.75) is 105 Å². The van der Waals surface area contributed by atoms with Gasteiger partial charge in [0.15, 0.2) is 23.2 Å². The van der Waals surface area contributed by atoms with Crippen LogP contribution in [0.4, 0.5) is 5.69 Å². The fourth-order valence-electron chi connectivity index (χ4n) is 12.5. The van der Waals surface area contributed by atoms with Gasteiger partial charge in [-0.3, -0.25) is 0 Å². The van der Waals surface area contributed by atoms with E-state index in [2.05, 4.69) is 231 Å². The summed E-state index contributed by atoms with van der Waals surface area (Å²) in [5, 5.41) is 24.7. The van der Waals surface area contributed by atoms with E-state index in [1.807, 2.05) is 84.9 Å². The summed E-state index contributed by atoms with van der Waals surface area (Å²) in [6.45, 7) is 35.3. The third-order valence-corrected chi connectivity index (χ3v) is 17.7. The Morgan fingerprint density at radius 1 is 0.333 bits per heavy atom. The number of hydrogen-bond acceptors (Lipinski definition) is 5. The minimum atomic E-state index is -0.0794. The van der Waals surface area contributed by atoms with Gasteiger partial charge in [0.1, 0.15) is 0 Å². The molecule has 90 heavy (non-hydrogen) atoms. The molecule has 8 nitrogen and oxygen atoms in total. The van der Waals surface area contributed by atoms with Crippen molar-refractivity contribution < 1.29 is 0 Å². The molecule has 13 aromatic rings. The van der Waals surface area contributed by atoms with Gasteiger partial charge in [-0.2, -0.15) is 10.5 Å². The number of fused-ring (bicyclic) bond motifs is 6. The Morgan fingerprint density at radius 3 is 1.09 bits per heavy atom. The van der Waals surface area contributed by atoms with Crippen LogP contribution >= 0.6 is 0 Å². The lowest BCUT2D eigenvalue weighted by Crippen LogP contribution is -2.10. The molecule has 0 saturated heterocycles. The van der Waals surface area contributed by atoms with Crippen molar-refractivity contribution in [1.29, 1.82) is 10.5 Å². The first-order valence-corrected chi connectivity index (χ1v) is 30.8. The van der Waals surface area contributed by atoms with Crippen LogP contribution in [0, 0.1) is 29.2 Å². The lowest BCUT2D eigenvalue weighted by Gasteiger charge is -2.19. The van der Waals surface area contributed by atoms with Crippen molar-refractivity contribution >= 4 is 49.3 Å². The molecule has 0 radical (unpaired) electrons. The van der Waals surface area contributed by atoms with Crippen molar-refractivity contribution in [2.24, 2.45) is 0 Å². The van der Waals surface area contributed by atoms with Gasteiger partial charge in [0, 0.05) is 49.6 Å². The topological polar surface area (TPSA) is 100 Å². The van der Waals surface area contributed by atoms with E-state index in [0.29, 0.717) is 34.3 Å². The number of nitrogens with zero attached hydrogens (tertiary/aromatic N) is 8. The molecule has 0 aliphatic carbocycles. The van der Waals surface area contributed by atoms with E-state index in [4.69, 9.17) is 21.5 Å². The van der Waals surface area contributed by atoms with Gasteiger partial charge in [-0.15, -0.1) is 0 Å². The second-order valence-corrected chi connectivity index (χ2v) is 28.0. The number of nitriles is 2. The van der Waals surface area contributed by atoms with Gasteiger partial charge >= 0.3 is 0 Å². The highest BCUT2D eigenvalue weighted by atomic mass is 15.0. The Balaban J connectivity index is 1.11. The van der Waals surface area contributed by atoms with Crippen LogP contribution in [0.2, 0.25) is 0 Å². The van der Waals surface area contributed by atoms with E-state index in [0.717, 1.165) is 83.5 Å². The highest BCUT2D eigenvalue weighted by molar-refractivity contribution is 6.11. The lowest BCUT2D eigenvalue weighted by atomic mass is 9.85. The second kappa shape index (κ2) is 21.8. The Kier molecular flexibility index (Phi) is 14.2. The summed E-state index contributed by atoms with van der Waals surface area (Å²) < 4.78 is 4.72. The predicted molar refractivity (Wildman–Crippen MR) is 372 cm³/mol. The summed E-state index contributed by atoms with van der Waals surface area (Å²) in [5.74, 6) is 1.33. The van der Waals surface area contributed by atoms with Gasteiger partial charge < -0.3 is 9.13 Å². The Bertz CT molecular complexity index is 4760. The van der Waals surface area contributed by atoms with E-state index < -0.39 is 0 Å². The molecule has 3 aromatic heterocycles.